The van der Waals surface area contributed by atoms with Crippen LogP contribution in [0.5, 0.6) is 0 Å². The van der Waals surface area contributed by atoms with Crippen LogP contribution in [0.25, 0.3) is 19.8 Å². The van der Waals surface area contributed by atoms with Gasteiger partial charge in [-0.05, 0) is 49.6 Å². The molecule has 0 fully saturated rings. The van der Waals surface area contributed by atoms with E-state index in [9.17, 15) is 9.59 Å². The molecule has 3 aromatic rings. The Morgan fingerprint density at radius 3 is 2.42 bits per heavy atom. The molecular weight excluding hydrogens is 344 g/mol. The second-order valence-electron chi connectivity index (χ2n) is 4.96. The molecule has 0 amide bonds. The maximum Gasteiger partial charge on any atom is 0.338 e. The number of hydrogen-bond donors (Lipinski definition) is 0. The third kappa shape index (κ3) is 3.20. The van der Waals surface area contributed by atoms with E-state index in [-0.39, 0.29) is 5.97 Å². The first-order valence-electron chi connectivity index (χ1n) is 7.59. The normalized spacial score (nSPS) is 10.8. The van der Waals surface area contributed by atoms with Crippen molar-refractivity contribution in [3.05, 3.63) is 46.8 Å². The van der Waals surface area contributed by atoms with E-state index in [1.54, 1.807) is 54.7 Å². The van der Waals surface area contributed by atoms with Gasteiger partial charge in [-0.25, -0.2) is 9.59 Å². The highest BCUT2D eigenvalue weighted by atomic mass is 32.1. The molecule has 0 unspecified atom stereocenters. The summed E-state index contributed by atoms with van der Waals surface area (Å²) in [6.45, 7) is 4.14. The lowest BCUT2D eigenvalue weighted by Crippen LogP contribution is -2.09. The van der Waals surface area contributed by atoms with E-state index in [4.69, 9.17) is 9.47 Å². The highest BCUT2D eigenvalue weighted by Crippen LogP contribution is 2.38. The Morgan fingerprint density at radius 1 is 0.958 bits per heavy atom. The predicted octanol–water partition coefficient (Wildman–Crippen LogP) is 4.98. The number of esters is 2. The van der Waals surface area contributed by atoms with Crippen molar-refractivity contribution >= 4 is 44.0 Å². The molecule has 0 saturated carbocycles. The van der Waals surface area contributed by atoms with Gasteiger partial charge in [0.1, 0.15) is 0 Å². The van der Waals surface area contributed by atoms with E-state index >= 15 is 0 Å². The van der Waals surface area contributed by atoms with Crippen LogP contribution in [0.15, 0.2) is 35.7 Å². The van der Waals surface area contributed by atoms with Gasteiger partial charge >= 0.3 is 11.9 Å². The van der Waals surface area contributed by atoms with Gasteiger partial charge in [-0.1, -0.05) is 0 Å². The van der Waals surface area contributed by atoms with Crippen LogP contribution in [0.2, 0.25) is 0 Å². The molecule has 4 nitrogen and oxygen atoms in total. The number of rotatable bonds is 5. The first kappa shape index (κ1) is 16.7. The number of ether oxygens (including phenoxy) is 2. The van der Waals surface area contributed by atoms with Gasteiger partial charge in [-0.15, -0.1) is 22.7 Å². The Kier molecular flexibility index (Phi) is 4.97. The van der Waals surface area contributed by atoms with Gasteiger partial charge in [0.15, 0.2) is 0 Å². The minimum absolute atomic E-state index is 0.303. The first-order valence-corrected chi connectivity index (χ1v) is 9.29. The maximum atomic E-state index is 12.3. The summed E-state index contributed by atoms with van der Waals surface area (Å²) in [6, 6.07) is 9.03. The zero-order chi connectivity index (χ0) is 17.1. The Balaban J connectivity index is 2.11. The smallest absolute Gasteiger partial charge is 0.338 e. The summed E-state index contributed by atoms with van der Waals surface area (Å²) in [5.74, 6) is -0.785. The summed E-state index contributed by atoms with van der Waals surface area (Å²) < 4.78 is 12.5. The highest BCUT2D eigenvalue weighted by Gasteiger charge is 2.19. The second-order valence-corrected chi connectivity index (χ2v) is 6.99. The lowest BCUT2D eigenvalue weighted by Gasteiger charge is -2.10. The molecule has 3 rings (SSSR count). The van der Waals surface area contributed by atoms with Crippen LogP contribution >= 0.6 is 22.7 Å². The Hall–Kier alpha value is -2.18. The number of thiophene rings is 2. The Labute approximate surface area is 147 Å². The quantitative estimate of drug-likeness (QED) is 0.602. The molecule has 2 aromatic heterocycles. The molecule has 0 aliphatic carbocycles. The Bertz CT molecular complexity index is 863. The van der Waals surface area contributed by atoms with Crippen molar-refractivity contribution in [3.63, 3.8) is 0 Å². The molecule has 0 bridgehead atoms. The fourth-order valence-electron chi connectivity index (χ4n) is 2.37. The van der Waals surface area contributed by atoms with Gasteiger partial charge in [-0.3, -0.25) is 0 Å². The van der Waals surface area contributed by atoms with E-state index < -0.39 is 5.97 Å². The standard InChI is InChI=1S/C18H16O4S2/c1-3-21-17(19)11-5-6-12(18(20)22-4-2)13(9-11)15-10-16-14(24-15)7-8-23-16/h5-10H,3-4H2,1-2H3. The van der Waals surface area contributed by atoms with Gasteiger partial charge in [0, 0.05) is 19.8 Å². The minimum Gasteiger partial charge on any atom is -0.462 e. The number of fused-ring (bicyclic) bond motifs is 1. The van der Waals surface area contributed by atoms with Crippen LogP contribution in [0.1, 0.15) is 34.6 Å². The molecule has 0 N–H and O–H groups in total. The van der Waals surface area contributed by atoms with Gasteiger partial charge < -0.3 is 9.47 Å². The van der Waals surface area contributed by atoms with Crippen molar-refractivity contribution in [1.82, 2.24) is 0 Å². The van der Waals surface area contributed by atoms with Crippen LogP contribution in [0.4, 0.5) is 0 Å². The van der Waals surface area contributed by atoms with Crippen molar-refractivity contribution in [2.75, 3.05) is 13.2 Å². The molecule has 2 heterocycles. The molecule has 124 valence electrons. The van der Waals surface area contributed by atoms with Crippen molar-refractivity contribution in [2.24, 2.45) is 0 Å². The second kappa shape index (κ2) is 7.15. The molecule has 0 saturated heterocycles. The van der Waals surface area contributed by atoms with E-state index in [0.717, 1.165) is 14.3 Å². The lowest BCUT2D eigenvalue weighted by molar-refractivity contribution is 0.0512. The summed E-state index contributed by atoms with van der Waals surface area (Å²) in [6.07, 6.45) is 0. The SMILES string of the molecule is CCOC(=O)c1ccc(C(=O)OCC)c(-c2cc3sccc3s2)c1. The number of carbonyl (C=O) groups is 2. The van der Waals surface area contributed by atoms with Gasteiger partial charge in [-0.2, -0.15) is 0 Å². The van der Waals surface area contributed by atoms with Gasteiger partial charge in [0.05, 0.1) is 24.3 Å². The molecule has 6 heteroatoms. The molecule has 0 aliphatic heterocycles. The van der Waals surface area contributed by atoms with Crippen LogP contribution < -0.4 is 0 Å². The molecule has 0 spiro atoms. The van der Waals surface area contributed by atoms with Crippen molar-refractivity contribution in [3.8, 4) is 10.4 Å². The largest absolute Gasteiger partial charge is 0.462 e. The fourth-order valence-corrected chi connectivity index (χ4v) is 4.51. The van der Waals surface area contributed by atoms with Crippen molar-refractivity contribution < 1.29 is 19.1 Å². The van der Waals surface area contributed by atoms with E-state index in [1.165, 1.54) is 0 Å². The lowest BCUT2D eigenvalue weighted by atomic mass is 10.0. The number of hydrogen-bond acceptors (Lipinski definition) is 6. The zero-order valence-corrected chi connectivity index (χ0v) is 15.0. The third-order valence-corrected chi connectivity index (χ3v) is 5.56. The molecule has 0 aliphatic rings. The topological polar surface area (TPSA) is 52.6 Å². The van der Waals surface area contributed by atoms with Crippen molar-refractivity contribution in [1.29, 1.82) is 0 Å². The van der Waals surface area contributed by atoms with E-state index in [1.807, 2.05) is 17.5 Å². The predicted molar refractivity (Wildman–Crippen MR) is 97.1 cm³/mol. The highest BCUT2D eigenvalue weighted by molar-refractivity contribution is 7.28. The molecular formula is C18H16O4S2. The summed E-state index contributed by atoms with van der Waals surface area (Å²) in [5.41, 5.74) is 1.59. The van der Waals surface area contributed by atoms with Crippen LogP contribution in [-0.4, -0.2) is 25.2 Å². The summed E-state index contributed by atoms with van der Waals surface area (Å²) in [7, 11) is 0. The van der Waals surface area contributed by atoms with Crippen LogP contribution in [0.3, 0.4) is 0 Å². The average Bonchev–Trinajstić information content (AvgIpc) is 3.16. The number of carbonyl (C=O) groups excluding carboxylic acids is 2. The first-order chi connectivity index (χ1) is 11.6. The van der Waals surface area contributed by atoms with Gasteiger partial charge in [0.2, 0.25) is 0 Å². The minimum atomic E-state index is -0.396. The van der Waals surface area contributed by atoms with Gasteiger partial charge in [0.25, 0.3) is 0 Å². The Morgan fingerprint density at radius 2 is 1.71 bits per heavy atom. The third-order valence-electron chi connectivity index (χ3n) is 3.43. The molecule has 0 atom stereocenters. The summed E-state index contributed by atoms with van der Waals surface area (Å²) >= 11 is 3.24. The molecule has 0 radical (unpaired) electrons. The maximum absolute atomic E-state index is 12.3. The number of benzene rings is 1. The van der Waals surface area contributed by atoms with Crippen LogP contribution in [0, 0.1) is 0 Å². The summed E-state index contributed by atoms with van der Waals surface area (Å²) in [4.78, 5) is 25.2. The zero-order valence-electron chi connectivity index (χ0n) is 13.3. The van der Waals surface area contributed by atoms with E-state index in [2.05, 4.69) is 0 Å². The van der Waals surface area contributed by atoms with Crippen LogP contribution in [-0.2, 0) is 9.47 Å². The summed E-state index contributed by atoms with van der Waals surface area (Å²) in [5, 5.41) is 2.03. The van der Waals surface area contributed by atoms with Crippen molar-refractivity contribution in [2.45, 2.75) is 13.8 Å². The fraction of sp³-hybridized carbons (Fsp3) is 0.222. The molecule has 1 aromatic carbocycles. The monoisotopic (exact) mass is 360 g/mol. The van der Waals surface area contributed by atoms with E-state index in [0.29, 0.717) is 29.9 Å². The molecule has 24 heavy (non-hydrogen) atoms. The average molecular weight is 360 g/mol.